The van der Waals surface area contributed by atoms with E-state index in [0.29, 0.717) is 18.5 Å². The summed E-state index contributed by atoms with van der Waals surface area (Å²) in [4.78, 5) is 27.1. The van der Waals surface area contributed by atoms with Gasteiger partial charge >= 0.3 is 5.97 Å². The third kappa shape index (κ3) is 2.85. The highest BCUT2D eigenvalue weighted by Gasteiger charge is 2.35. The summed E-state index contributed by atoms with van der Waals surface area (Å²) in [7, 11) is 0. The fourth-order valence-electron chi connectivity index (χ4n) is 2.41. The zero-order chi connectivity index (χ0) is 13.0. The summed E-state index contributed by atoms with van der Waals surface area (Å²) in [6.07, 6.45) is 6.21. The molecule has 18 heavy (non-hydrogen) atoms. The van der Waals surface area contributed by atoms with E-state index in [1.54, 1.807) is 24.5 Å². The zero-order valence-corrected chi connectivity index (χ0v) is 10.0. The number of aliphatic carboxylic acids is 1. The fourth-order valence-corrected chi connectivity index (χ4v) is 2.41. The van der Waals surface area contributed by atoms with Gasteiger partial charge in [0.2, 0.25) is 5.91 Å². The number of amides is 1. The number of nitrogens with zero attached hydrogens (tertiary/aromatic N) is 1. The van der Waals surface area contributed by atoms with Crippen molar-refractivity contribution in [2.45, 2.75) is 25.7 Å². The Balaban J connectivity index is 2.05. The smallest absolute Gasteiger partial charge is 0.307 e. The molecule has 0 saturated heterocycles. The van der Waals surface area contributed by atoms with E-state index in [0.717, 1.165) is 12.8 Å². The molecular formula is C13H16N2O3. The van der Waals surface area contributed by atoms with Gasteiger partial charge in [-0.1, -0.05) is 12.8 Å². The van der Waals surface area contributed by atoms with Gasteiger partial charge < -0.3 is 10.4 Å². The van der Waals surface area contributed by atoms with Crippen LogP contribution >= 0.6 is 0 Å². The van der Waals surface area contributed by atoms with E-state index in [2.05, 4.69) is 10.3 Å². The van der Waals surface area contributed by atoms with Crippen LogP contribution in [0.5, 0.6) is 0 Å². The van der Waals surface area contributed by atoms with Crippen molar-refractivity contribution in [2.24, 2.45) is 11.8 Å². The predicted octanol–water partition coefficient (Wildman–Crippen LogP) is 1.91. The van der Waals surface area contributed by atoms with Gasteiger partial charge in [0.15, 0.2) is 0 Å². The summed E-state index contributed by atoms with van der Waals surface area (Å²) in [5.74, 6) is -2.05. The van der Waals surface area contributed by atoms with Gasteiger partial charge in [-0.3, -0.25) is 14.6 Å². The molecule has 1 aliphatic carbocycles. The topological polar surface area (TPSA) is 79.3 Å². The van der Waals surface area contributed by atoms with E-state index in [1.807, 2.05) is 0 Å². The number of nitrogens with one attached hydrogen (secondary N) is 1. The highest BCUT2D eigenvalue weighted by molar-refractivity contribution is 5.95. The number of carboxylic acid groups (broad SMARTS) is 1. The Morgan fingerprint density at radius 1 is 1.17 bits per heavy atom. The number of rotatable bonds is 3. The number of pyridine rings is 1. The Bertz CT molecular complexity index is 433. The average Bonchev–Trinajstić information content (AvgIpc) is 2.40. The molecule has 1 heterocycles. The summed E-state index contributed by atoms with van der Waals surface area (Å²) in [6.45, 7) is 0. The van der Waals surface area contributed by atoms with Crippen molar-refractivity contribution in [3.05, 3.63) is 24.5 Å². The highest BCUT2D eigenvalue weighted by atomic mass is 16.4. The predicted molar refractivity (Wildman–Crippen MR) is 66.0 cm³/mol. The Morgan fingerprint density at radius 3 is 2.39 bits per heavy atom. The van der Waals surface area contributed by atoms with Crippen LogP contribution in [0.2, 0.25) is 0 Å². The van der Waals surface area contributed by atoms with E-state index >= 15 is 0 Å². The number of hydrogen-bond donors (Lipinski definition) is 2. The third-order valence-corrected chi connectivity index (χ3v) is 3.37. The number of carboxylic acids is 1. The van der Waals surface area contributed by atoms with Crippen LogP contribution in [0.25, 0.3) is 0 Å². The summed E-state index contributed by atoms with van der Waals surface area (Å²) < 4.78 is 0. The normalized spacial score (nSPS) is 23.3. The van der Waals surface area contributed by atoms with Crippen molar-refractivity contribution < 1.29 is 14.7 Å². The summed E-state index contributed by atoms with van der Waals surface area (Å²) >= 11 is 0. The fraction of sp³-hybridized carbons (Fsp3) is 0.462. The van der Waals surface area contributed by atoms with Crippen LogP contribution in [0.4, 0.5) is 5.69 Å². The van der Waals surface area contributed by atoms with Gasteiger partial charge in [-0.15, -0.1) is 0 Å². The standard InChI is InChI=1S/C13H16N2O3/c16-12(15-9-5-7-14-8-6-9)10-3-1-2-4-11(10)13(17)18/h5-8,10-11H,1-4H2,(H,17,18)(H,14,15,16). The number of hydrogen-bond acceptors (Lipinski definition) is 3. The van der Waals surface area contributed by atoms with E-state index in [4.69, 9.17) is 5.11 Å². The molecule has 2 atom stereocenters. The first-order valence-corrected chi connectivity index (χ1v) is 6.12. The second kappa shape index (κ2) is 5.62. The first-order valence-electron chi connectivity index (χ1n) is 6.12. The quantitative estimate of drug-likeness (QED) is 0.856. The van der Waals surface area contributed by atoms with Gasteiger partial charge in [-0.25, -0.2) is 0 Å². The molecule has 5 nitrogen and oxygen atoms in total. The van der Waals surface area contributed by atoms with Crippen molar-refractivity contribution in [1.82, 2.24) is 4.98 Å². The van der Waals surface area contributed by atoms with E-state index in [1.165, 1.54) is 0 Å². The second-order valence-electron chi connectivity index (χ2n) is 4.56. The van der Waals surface area contributed by atoms with Crippen LogP contribution in [0.1, 0.15) is 25.7 Å². The lowest BCUT2D eigenvalue weighted by atomic mass is 9.78. The Labute approximate surface area is 105 Å². The lowest BCUT2D eigenvalue weighted by Crippen LogP contribution is -2.36. The molecule has 1 saturated carbocycles. The van der Waals surface area contributed by atoms with Gasteiger partial charge in [0.1, 0.15) is 0 Å². The summed E-state index contributed by atoms with van der Waals surface area (Å²) in [5, 5.41) is 11.9. The molecule has 0 spiro atoms. The summed E-state index contributed by atoms with van der Waals surface area (Å²) in [6, 6.07) is 3.38. The molecule has 1 fully saturated rings. The van der Waals surface area contributed by atoms with Crippen molar-refractivity contribution in [1.29, 1.82) is 0 Å². The largest absolute Gasteiger partial charge is 0.481 e. The lowest BCUT2D eigenvalue weighted by molar-refractivity contribution is -0.147. The van der Waals surface area contributed by atoms with Gasteiger partial charge in [0, 0.05) is 18.1 Å². The minimum atomic E-state index is -0.871. The minimum absolute atomic E-state index is 0.201. The highest BCUT2D eigenvalue weighted by Crippen LogP contribution is 2.31. The number of carbonyl (C=O) groups is 2. The van der Waals surface area contributed by atoms with Crippen LogP contribution < -0.4 is 5.32 Å². The molecule has 2 rings (SSSR count). The van der Waals surface area contributed by atoms with Crippen molar-refractivity contribution in [3.8, 4) is 0 Å². The summed E-state index contributed by atoms with van der Waals surface area (Å²) in [5.41, 5.74) is 0.657. The maximum atomic E-state index is 12.1. The van der Waals surface area contributed by atoms with Crippen molar-refractivity contribution in [2.75, 3.05) is 5.32 Å². The molecule has 0 radical (unpaired) electrons. The molecule has 2 N–H and O–H groups in total. The number of anilines is 1. The van der Waals surface area contributed by atoms with E-state index in [-0.39, 0.29) is 5.91 Å². The van der Waals surface area contributed by atoms with Gasteiger partial charge in [0.05, 0.1) is 11.8 Å². The Hall–Kier alpha value is -1.91. The van der Waals surface area contributed by atoms with Crippen molar-refractivity contribution in [3.63, 3.8) is 0 Å². The van der Waals surface area contributed by atoms with Gasteiger partial charge in [-0.2, -0.15) is 0 Å². The molecule has 1 aliphatic rings. The molecule has 5 heteroatoms. The Kier molecular flexibility index (Phi) is 3.92. The monoisotopic (exact) mass is 248 g/mol. The van der Waals surface area contributed by atoms with Gasteiger partial charge in [-0.05, 0) is 25.0 Å². The molecule has 0 aliphatic heterocycles. The van der Waals surface area contributed by atoms with Gasteiger partial charge in [0.25, 0.3) is 0 Å². The SMILES string of the molecule is O=C(O)C1CCCCC1C(=O)Nc1ccncc1. The Morgan fingerprint density at radius 2 is 1.78 bits per heavy atom. The number of carbonyl (C=O) groups excluding carboxylic acids is 1. The van der Waals surface area contributed by atoms with E-state index in [9.17, 15) is 9.59 Å². The molecule has 0 aromatic carbocycles. The average molecular weight is 248 g/mol. The lowest BCUT2D eigenvalue weighted by Gasteiger charge is -2.27. The van der Waals surface area contributed by atoms with Crippen LogP contribution in [0.15, 0.2) is 24.5 Å². The molecule has 1 aromatic heterocycles. The molecule has 1 amide bonds. The van der Waals surface area contributed by atoms with Crippen LogP contribution in [0, 0.1) is 11.8 Å². The van der Waals surface area contributed by atoms with E-state index < -0.39 is 17.8 Å². The van der Waals surface area contributed by atoms with Crippen LogP contribution in [0.3, 0.4) is 0 Å². The minimum Gasteiger partial charge on any atom is -0.481 e. The zero-order valence-electron chi connectivity index (χ0n) is 10.0. The molecule has 1 aromatic rings. The second-order valence-corrected chi connectivity index (χ2v) is 4.56. The molecule has 0 bridgehead atoms. The van der Waals surface area contributed by atoms with Crippen molar-refractivity contribution >= 4 is 17.6 Å². The van der Waals surface area contributed by atoms with Crippen LogP contribution in [-0.2, 0) is 9.59 Å². The molecule has 96 valence electrons. The maximum Gasteiger partial charge on any atom is 0.307 e. The molecular weight excluding hydrogens is 232 g/mol. The van der Waals surface area contributed by atoms with Crippen LogP contribution in [-0.4, -0.2) is 22.0 Å². The maximum absolute atomic E-state index is 12.1. The molecule has 2 unspecified atom stereocenters. The first kappa shape index (κ1) is 12.5. The third-order valence-electron chi connectivity index (χ3n) is 3.37. The number of aromatic nitrogens is 1. The first-order chi connectivity index (χ1) is 8.68.